The molecule has 0 amide bonds. The molecule has 1 aliphatic carbocycles. The SMILES string of the molecule is CC/C(C)=C(\C(C)=N)c1cnc2c(c1)C(C)C(C)C=C2C. The van der Waals surface area contributed by atoms with E-state index < -0.39 is 0 Å². The highest BCUT2D eigenvalue weighted by atomic mass is 14.7. The largest absolute Gasteiger partial charge is 0.305 e. The summed E-state index contributed by atoms with van der Waals surface area (Å²) in [6.45, 7) is 12.8. The Morgan fingerprint density at radius 3 is 2.52 bits per heavy atom. The van der Waals surface area contributed by atoms with Gasteiger partial charge in [-0.2, -0.15) is 0 Å². The lowest BCUT2D eigenvalue weighted by atomic mass is 9.79. The van der Waals surface area contributed by atoms with E-state index in [-0.39, 0.29) is 0 Å². The topological polar surface area (TPSA) is 36.7 Å². The van der Waals surface area contributed by atoms with E-state index in [0.717, 1.165) is 23.3 Å². The van der Waals surface area contributed by atoms with E-state index in [4.69, 9.17) is 10.4 Å². The number of nitrogens with one attached hydrogen (secondary N) is 1. The number of fused-ring (bicyclic) bond motifs is 1. The molecule has 2 heteroatoms. The summed E-state index contributed by atoms with van der Waals surface area (Å²) in [7, 11) is 0. The van der Waals surface area contributed by atoms with E-state index in [0.29, 0.717) is 17.5 Å². The first-order chi connectivity index (χ1) is 9.86. The van der Waals surface area contributed by atoms with Gasteiger partial charge in [0.15, 0.2) is 0 Å². The van der Waals surface area contributed by atoms with E-state index in [1.807, 2.05) is 13.1 Å². The Labute approximate surface area is 128 Å². The van der Waals surface area contributed by atoms with Gasteiger partial charge in [0.1, 0.15) is 0 Å². The molecule has 0 saturated carbocycles. The predicted molar refractivity (Wildman–Crippen MR) is 91.8 cm³/mol. The molecule has 0 fully saturated rings. The van der Waals surface area contributed by atoms with Crippen molar-refractivity contribution in [3.05, 3.63) is 40.7 Å². The van der Waals surface area contributed by atoms with Crippen molar-refractivity contribution in [2.24, 2.45) is 5.92 Å². The van der Waals surface area contributed by atoms with Crippen LogP contribution >= 0.6 is 0 Å². The quantitative estimate of drug-likeness (QED) is 0.734. The van der Waals surface area contributed by atoms with Crippen LogP contribution in [0, 0.1) is 11.3 Å². The van der Waals surface area contributed by atoms with Crippen LogP contribution in [-0.4, -0.2) is 10.7 Å². The standard InChI is InChI=1S/C19H26N2/c1-7-11(2)18(15(6)20)16-9-17-14(5)12(3)8-13(4)19(17)21-10-16/h8-10,12,14,20H,7H2,1-6H3/b18-11+,20-15?. The third kappa shape index (κ3) is 2.85. The molecular formula is C19H26N2. The Morgan fingerprint density at radius 2 is 1.95 bits per heavy atom. The molecular weight excluding hydrogens is 256 g/mol. The van der Waals surface area contributed by atoms with Crippen LogP contribution in [0.1, 0.15) is 70.7 Å². The van der Waals surface area contributed by atoms with Crippen molar-refractivity contribution >= 4 is 16.9 Å². The first kappa shape index (κ1) is 15.7. The molecule has 2 nitrogen and oxygen atoms in total. The average molecular weight is 282 g/mol. The lowest BCUT2D eigenvalue weighted by molar-refractivity contribution is 0.579. The van der Waals surface area contributed by atoms with Gasteiger partial charge in [-0.1, -0.05) is 32.4 Å². The fourth-order valence-corrected chi connectivity index (χ4v) is 3.16. The molecule has 21 heavy (non-hydrogen) atoms. The summed E-state index contributed by atoms with van der Waals surface area (Å²) in [5, 5.41) is 8.10. The Bertz CT molecular complexity index is 635. The molecule has 2 unspecified atom stereocenters. The van der Waals surface area contributed by atoms with Crippen molar-refractivity contribution in [1.82, 2.24) is 4.98 Å². The van der Waals surface area contributed by atoms with E-state index in [1.165, 1.54) is 16.7 Å². The zero-order chi connectivity index (χ0) is 15.7. The fraction of sp³-hybridized carbons (Fsp3) is 0.474. The minimum Gasteiger partial charge on any atom is -0.305 e. The lowest BCUT2D eigenvalue weighted by Gasteiger charge is -2.27. The van der Waals surface area contributed by atoms with Gasteiger partial charge in [-0.15, -0.1) is 0 Å². The molecule has 0 bridgehead atoms. The van der Waals surface area contributed by atoms with Gasteiger partial charge < -0.3 is 5.41 Å². The van der Waals surface area contributed by atoms with Gasteiger partial charge in [-0.25, -0.2) is 0 Å². The first-order valence-corrected chi connectivity index (χ1v) is 7.81. The van der Waals surface area contributed by atoms with Crippen LogP contribution in [0.4, 0.5) is 0 Å². The van der Waals surface area contributed by atoms with Crippen molar-refractivity contribution in [3.8, 4) is 0 Å². The molecule has 1 aromatic rings. The molecule has 1 aromatic heterocycles. The molecule has 0 spiro atoms. The van der Waals surface area contributed by atoms with Crippen molar-refractivity contribution in [2.75, 3.05) is 0 Å². The van der Waals surface area contributed by atoms with Crippen molar-refractivity contribution in [1.29, 1.82) is 5.41 Å². The zero-order valence-corrected chi connectivity index (χ0v) is 14.0. The smallest absolute Gasteiger partial charge is 0.0691 e. The van der Waals surface area contributed by atoms with Crippen LogP contribution in [0.15, 0.2) is 23.9 Å². The summed E-state index contributed by atoms with van der Waals surface area (Å²) >= 11 is 0. The van der Waals surface area contributed by atoms with E-state index >= 15 is 0 Å². The predicted octanol–water partition coefficient (Wildman–Crippen LogP) is 5.46. The maximum absolute atomic E-state index is 8.10. The first-order valence-electron chi connectivity index (χ1n) is 7.81. The van der Waals surface area contributed by atoms with Crippen LogP contribution < -0.4 is 0 Å². The minimum absolute atomic E-state index is 0.477. The number of hydrogen-bond donors (Lipinski definition) is 1. The van der Waals surface area contributed by atoms with Crippen LogP contribution in [0.2, 0.25) is 0 Å². The normalized spacial score (nSPS) is 22.3. The maximum atomic E-state index is 8.10. The van der Waals surface area contributed by atoms with Crippen LogP contribution in [0.25, 0.3) is 11.1 Å². The van der Waals surface area contributed by atoms with Crippen LogP contribution in [0.5, 0.6) is 0 Å². The van der Waals surface area contributed by atoms with Gasteiger partial charge in [0.05, 0.1) is 5.69 Å². The molecule has 2 rings (SSSR count). The third-order valence-electron chi connectivity index (χ3n) is 4.70. The molecule has 1 N–H and O–H groups in total. The van der Waals surface area contributed by atoms with Gasteiger partial charge >= 0.3 is 0 Å². The molecule has 1 heterocycles. The molecule has 1 aliphatic rings. The average Bonchev–Trinajstić information content (AvgIpc) is 2.44. The zero-order valence-electron chi connectivity index (χ0n) is 14.0. The summed E-state index contributed by atoms with van der Waals surface area (Å²) in [6.07, 6.45) is 5.22. The Kier molecular flexibility index (Phi) is 4.46. The highest BCUT2D eigenvalue weighted by Crippen LogP contribution is 2.38. The van der Waals surface area contributed by atoms with Gasteiger partial charge in [0.2, 0.25) is 0 Å². The molecule has 0 aliphatic heterocycles. The van der Waals surface area contributed by atoms with E-state index in [1.54, 1.807) is 0 Å². The van der Waals surface area contributed by atoms with Gasteiger partial charge in [-0.05, 0) is 56.2 Å². The Hall–Kier alpha value is -1.70. The molecule has 112 valence electrons. The van der Waals surface area contributed by atoms with Gasteiger partial charge in [0, 0.05) is 23.0 Å². The Morgan fingerprint density at radius 1 is 1.29 bits per heavy atom. The van der Waals surface area contributed by atoms with Crippen LogP contribution in [0.3, 0.4) is 0 Å². The highest BCUT2D eigenvalue weighted by Gasteiger charge is 2.24. The summed E-state index contributed by atoms with van der Waals surface area (Å²) in [6, 6.07) is 2.26. The minimum atomic E-state index is 0.477. The molecule has 0 radical (unpaired) electrons. The maximum Gasteiger partial charge on any atom is 0.0691 e. The Balaban J connectivity index is 2.61. The van der Waals surface area contributed by atoms with E-state index in [2.05, 4.69) is 46.8 Å². The molecule has 2 atom stereocenters. The van der Waals surface area contributed by atoms with Crippen LogP contribution in [-0.2, 0) is 0 Å². The fourth-order valence-electron chi connectivity index (χ4n) is 3.16. The highest BCUT2D eigenvalue weighted by molar-refractivity contribution is 6.22. The summed E-state index contributed by atoms with van der Waals surface area (Å²) in [5.74, 6) is 1.01. The monoisotopic (exact) mass is 282 g/mol. The summed E-state index contributed by atoms with van der Waals surface area (Å²) in [5.41, 5.74) is 7.75. The second-order valence-corrected chi connectivity index (χ2v) is 6.29. The van der Waals surface area contributed by atoms with Crippen molar-refractivity contribution in [3.63, 3.8) is 0 Å². The number of aromatic nitrogens is 1. The second-order valence-electron chi connectivity index (χ2n) is 6.29. The van der Waals surface area contributed by atoms with Crippen molar-refractivity contribution < 1.29 is 0 Å². The summed E-state index contributed by atoms with van der Waals surface area (Å²) in [4.78, 5) is 4.71. The number of hydrogen-bond acceptors (Lipinski definition) is 2. The molecule has 0 aromatic carbocycles. The number of pyridine rings is 1. The molecule has 0 saturated heterocycles. The number of rotatable bonds is 3. The lowest BCUT2D eigenvalue weighted by Crippen LogP contribution is -2.14. The van der Waals surface area contributed by atoms with Crippen molar-refractivity contribution in [2.45, 2.75) is 53.9 Å². The number of allylic oxidation sites excluding steroid dienone is 4. The van der Waals surface area contributed by atoms with Gasteiger partial charge in [-0.3, -0.25) is 4.98 Å². The summed E-state index contributed by atoms with van der Waals surface area (Å²) < 4.78 is 0. The van der Waals surface area contributed by atoms with Gasteiger partial charge in [0.25, 0.3) is 0 Å². The second kappa shape index (κ2) is 5.97. The third-order valence-corrected chi connectivity index (χ3v) is 4.70. The van der Waals surface area contributed by atoms with E-state index in [9.17, 15) is 0 Å². The number of nitrogens with zero attached hydrogens (tertiary/aromatic N) is 1.